The second-order valence-electron chi connectivity index (χ2n) is 6.83. The van der Waals surface area contributed by atoms with Crippen molar-refractivity contribution in [2.24, 2.45) is 5.92 Å². The average Bonchev–Trinajstić information content (AvgIpc) is 3.02. The molecule has 2 aliphatic rings. The van der Waals surface area contributed by atoms with Crippen LogP contribution in [0.15, 0.2) is 30.5 Å². The summed E-state index contributed by atoms with van der Waals surface area (Å²) < 4.78 is 5.83. The fourth-order valence-corrected chi connectivity index (χ4v) is 4.32. The first kappa shape index (κ1) is 14.6. The molecular weight excluding hydrogens is 288 g/mol. The summed E-state index contributed by atoms with van der Waals surface area (Å²) in [5.74, 6) is 1.63. The third kappa shape index (κ3) is 2.82. The summed E-state index contributed by atoms with van der Waals surface area (Å²) in [6.07, 6.45) is 9.32. The molecule has 2 atom stereocenters. The molecule has 1 aromatic carbocycles. The van der Waals surface area contributed by atoms with Crippen LogP contribution in [0.25, 0.3) is 10.9 Å². The number of nitrogens with one attached hydrogen (secondary N) is 1. The Morgan fingerprint density at radius 2 is 2.00 bits per heavy atom. The quantitative estimate of drug-likeness (QED) is 0.938. The largest absolute Gasteiger partial charge is 0.482 e. The number of hydrogen-bond donors (Lipinski definition) is 1. The van der Waals surface area contributed by atoms with Crippen molar-refractivity contribution in [3.05, 3.63) is 30.5 Å². The summed E-state index contributed by atoms with van der Waals surface area (Å²) in [6, 6.07) is 8.47. The molecular formula is C19H24N2O2. The highest BCUT2D eigenvalue weighted by atomic mass is 16.5. The molecule has 0 radical (unpaired) electrons. The van der Waals surface area contributed by atoms with Gasteiger partial charge in [0.15, 0.2) is 6.61 Å². The molecule has 23 heavy (non-hydrogen) atoms. The minimum Gasteiger partial charge on any atom is -0.482 e. The number of aromatic amines is 1. The number of piperidine rings is 1. The molecule has 1 aromatic heterocycles. The number of carbonyl (C=O) groups is 1. The van der Waals surface area contributed by atoms with Crippen LogP contribution in [0.4, 0.5) is 0 Å². The Morgan fingerprint density at radius 3 is 2.96 bits per heavy atom. The molecule has 0 bridgehead atoms. The van der Waals surface area contributed by atoms with Crippen molar-refractivity contribution >= 4 is 16.8 Å². The summed E-state index contributed by atoms with van der Waals surface area (Å²) in [5, 5.41) is 1.04. The van der Waals surface area contributed by atoms with Crippen LogP contribution in [0.2, 0.25) is 0 Å². The van der Waals surface area contributed by atoms with Gasteiger partial charge >= 0.3 is 0 Å². The fourth-order valence-electron chi connectivity index (χ4n) is 4.32. The van der Waals surface area contributed by atoms with Gasteiger partial charge < -0.3 is 14.6 Å². The van der Waals surface area contributed by atoms with Crippen molar-refractivity contribution in [1.82, 2.24) is 9.88 Å². The second kappa shape index (κ2) is 6.26. The van der Waals surface area contributed by atoms with E-state index in [4.69, 9.17) is 4.74 Å². The van der Waals surface area contributed by atoms with Gasteiger partial charge in [0.25, 0.3) is 5.91 Å². The van der Waals surface area contributed by atoms with Crippen LogP contribution < -0.4 is 4.74 Å². The van der Waals surface area contributed by atoms with Crippen LogP contribution in [0.3, 0.4) is 0 Å². The van der Waals surface area contributed by atoms with E-state index in [-0.39, 0.29) is 12.5 Å². The number of ether oxygens (including phenoxy) is 1. The Labute approximate surface area is 136 Å². The lowest BCUT2D eigenvalue weighted by atomic mass is 9.78. The third-order valence-electron chi connectivity index (χ3n) is 5.47. The van der Waals surface area contributed by atoms with Crippen LogP contribution in [-0.2, 0) is 4.79 Å². The molecule has 1 N–H and O–H groups in total. The third-order valence-corrected chi connectivity index (χ3v) is 5.47. The number of benzene rings is 1. The van der Waals surface area contributed by atoms with Crippen LogP contribution >= 0.6 is 0 Å². The number of para-hydroxylation sites is 1. The monoisotopic (exact) mass is 312 g/mol. The number of H-pyrrole nitrogens is 1. The molecule has 1 amide bonds. The summed E-state index contributed by atoms with van der Waals surface area (Å²) >= 11 is 0. The minimum atomic E-state index is 0.144. The van der Waals surface area contributed by atoms with Crippen molar-refractivity contribution in [2.75, 3.05) is 13.2 Å². The molecule has 2 aromatic rings. The summed E-state index contributed by atoms with van der Waals surface area (Å²) in [7, 11) is 0. The smallest absolute Gasteiger partial charge is 0.260 e. The molecule has 2 fully saturated rings. The highest BCUT2D eigenvalue weighted by Gasteiger charge is 2.35. The summed E-state index contributed by atoms with van der Waals surface area (Å²) in [4.78, 5) is 18.0. The van der Waals surface area contributed by atoms with Crippen LogP contribution in [0.1, 0.15) is 38.5 Å². The maximum Gasteiger partial charge on any atom is 0.260 e. The topological polar surface area (TPSA) is 45.3 Å². The van der Waals surface area contributed by atoms with Gasteiger partial charge in [0.2, 0.25) is 0 Å². The number of hydrogen-bond acceptors (Lipinski definition) is 2. The number of amides is 1. The number of aromatic nitrogens is 1. The second-order valence-corrected chi connectivity index (χ2v) is 6.83. The van der Waals surface area contributed by atoms with Crippen molar-refractivity contribution in [3.63, 3.8) is 0 Å². The Morgan fingerprint density at radius 1 is 1.17 bits per heavy atom. The highest BCUT2D eigenvalue weighted by Crippen LogP contribution is 2.35. The lowest BCUT2D eigenvalue weighted by molar-refractivity contribution is -0.139. The Bertz CT molecular complexity index is 691. The van der Waals surface area contributed by atoms with E-state index in [0.29, 0.717) is 6.04 Å². The zero-order chi connectivity index (χ0) is 15.6. The van der Waals surface area contributed by atoms with E-state index in [2.05, 4.69) is 9.88 Å². The maximum atomic E-state index is 12.7. The van der Waals surface area contributed by atoms with E-state index < -0.39 is 0 Å². The average molecular weight is 312 g/mol. The van der Waals surface area contributed by atoms with Gasteiger partial charge in [-0.2, -0.15) is 0 Å². The van der Waals surface area contributed by atoms with Gasteiger partial charge in [-0.05, 0) is 43.7 Å². The number of likely N-dealkylation sites (tertiary alicyclic amines) is 1. The van der Waals surface area contributed by atoms with E-state index in [1.54, 1.807) is 0 Å². The molecule has 2 unspecified atom stereocenters. The van der Waals surface area contributed by atoms with E-state index in [1.807, 2.05) is 30.5 Å². The molecule has 0 spiro atoms. The molecule has 4 rings (SSSR count). The maximum absolute atomic E-state index is 12.7. The van der Waals surface area contributed by atoms with Gasteiger partial charge in [-0.3, -0.25) is 4.79 Å². The minimum absolute atomic E-state index is 0.144. The zero-order valence-corrected chi connectivity index (χ0v) is 13.5. The van der Waals surface area contributed by atoms with E-state index >= 15 is 0 Å². The Kier molecular flexibility index (Phi) is 3.98. The molecule has 4 nitrogen and oxygen atoms in total. The normalized spacial score (nSPS) is 24.4. The molecule has 122 valence electrons. The first-order valence-electron chi connectivity index (χ1n) is 8.81. The van der Waals surface area contributed by atoms with Gasteiger partial charge in [-0.1, -0.05) is 25.0 Å². The van der Waals surface area contributed by atoms with Gasteiger partial charge in [0, 0.05) is 29.7 Å². The number of carbonyl (C=O) groups excluding carboxylic acids is 1. The van der Waals surface area contributed by atoms with Gasteiger partial charge in [0.05, 0.1) is 0 Å². The van der Waals surface area contributed by atoms with Gasteiger partial charge in [-0.25, -0.2) is 0 Å². The predicted octanol–water partition coefficient (Wildman–Crippen LogP) is 3.73. The van der Waals surface area contributed by atoms with E-state index in [9.17, 15) is 4.79 Å². The summed E-state index contributed by atoms with van der Waals surface area (Å²) in [5.41, 5.74) is 1.04. The van der Waals surface area contributed by atoms with Crippen LogP contribution in [0.5, 0.6) is 5.75 Å². The van der Waals surface area contributed by atoms with Crippen molar-refractivity contribution in [2.45, 2.75) is 44.6 Å². The van der Waals surface area contributed by atoms with E-state index in [0.717, 1.165) is 35.5 Å². The Balaban J connectivity index is 1.43. The number of fused-ring (bicyclic) bond motifs is 2. The molecule has 4 heteroatoms. The summed E-state index contributed by atoms with van der Waals surface area (Å²) in [6.45, 7) is 1.04. The first-order valence-corrected chi connectivity index (χ1v) is 8.81. The fraction of sp³-hybridized carbons (Fsp3) is 0.526. The first-order chi connectivity index (χ1) is 11.3. The Hall–Kier alpha value is -1.97. The molecule has 1 aliphatic carbocycles. The highest BCUT2D eigenvalue weighted by molar-refractivity contribution is 5.86. The lowest BCUT2D eigenvalue weighted by Crippen LogP contribution is -2.51. The molecule has 1 saturated heterocycles. The van der Waals surface area contributed by atoms with Crippen molar-refractivity contribution < 1.29 is 9.53 Å². The van der Waals surface area contributed by atoms with Crippen LogP contribution in [-0.4, -0.2) is 35.0 Å². The standard InChI is InChI=1S/C19H24N2O2/c22-19(21-11-5-7-14-6-1-4-10-17(14)21)13-23-18-12-20-16-9-3-2-8-15(16)18/h2-3,8-9,12,14,17,20H,1,4-7,10-11,13H2. The number of rotatable bonds is 3. The number of nitrogens with zero attached hydrogens (tertiary/aromatic N) is 1. The van der Waals surface area contributed by atoms with Crippen molar-refractivity contribution in [3.8, 4) is 5.75 Å². The molecule has 1 aliphatic heterocycles. The molecule has 2 heterocycles. The van der Waals surface area contributed by atoms with Gasteiger partial charge in [-0.15, -0.1) is 0 Å². The SMILES string of the molecule is O=C(COc1c[nH]c2ccccc12)N1CCCC2CCCCC21. The lowest BCUT2D eigenvalue weighted by Gasteiger charge is -2.44. The zero-order valence-electron chi connectivity index (χ0n) is 13.5. The predicted molar refractivity (Wildman–Crippen MR) is 90.5 cm³/mol. The van der Waals surface area contributed by atoms with Crippen molar-refractivity contribution in [1.29, 1.82) is 0 Å². The molecule has 1 saturated carbocycles. The van der Waals surface area contributed by atoms with Crippen LogP contribution in [0, 0.1) is 5.92 Å². The van der Waals surface area contributed by atoms with E-state index in [1.165, 1.54) is 32.1 Å². The van der Waals surface area contributed by atoms with Gasteiger partial charge in [0.1, 0.15) is 5.75 Å².